The molecule has 0 bridgehead atoms. The SMILES string of the molecule is C[C@H](C(=O)Nc1nccs1)N(Cc1ccc2[nH]ccc2c1)C1CC1. The first kappa shape index (κ1) is 15.4. The van der Waals surface area contributed by atoms with E-state index in [0.29, 0.717) is 11.2 Å². The highest BCUT2D eigenvalue weighted by atomic mass is 32.1. The van der Waals surface area contributed by atoms with Crippen molar-refractivity contribution in [2.24, 2.45) is 0 Å². The molecule has 124 valence electrons. The summed E-state index contributed by atoms with van der Waals surface area (Å²) in [5.74, 6) is 0.0135. The van der Waals surface area contributed by atoms with Gasteiger partial charge in [-0.25, -0.2) is 4.98 Å². The molecule has 1 fully saturated rings. The monoisotopic (exact) mass is 340 g/mol. The number of hydrogen-bond donors (Lipinski definition) is 2. The van der Waals surface area contributed by atoms with Gasteiger partial charge in [-0.2, -0.15) is 0 Å². The second-order valence-electron chi connectivity index (χ2n) is 6.31. The van der Waals surface area contributed by atoms with Crippen LogP contribution in [0.5, 0.6) is 0 Å². The number of carbonyl (C=O) groups is 1. The summed E-state index contributed by atoms with van der Waals surface area (Å²) in [7, 11) is 0. The summed E-state index contributed by atoms with van der Waals surface area (Å²) in [5.41, 5.74) is 2.38. The smallest absolute Gasteiger partial charge is 0.243 e. The zero-order valence-electron chi connectivity index (χ0n) is 13.5. The van der Waals surface area contributed by atoms with Gasteiger partial charge in [0.25, 0.3) is 0 Å². The summed E-state index contributed by atoms with van der Waals surface area (Å²) in [6, 6.07) is 8.86. The van der Waals surface area contributed by atoms with E-state index in [-0.39, 0.29) is 11.9 Å². The Morgan fingerprint density at radius 3 is 3.08 bits per heavy atom. The summed E-state index contributed by atoms with van der Waals surface area (Å²) < 4.78 is 0. The Kier molecular flexibility index (Phi) is 4.08. The number of nitrogens with one attached hydrogen (secondary N) is 2. The van der Waals surface area contributed by atoms with Crippen molar-refractivity contribution >= 4 is 33.3 Å². The first-order valence-electron chi connectivity index (χ1n) is 8.23. The topological polar surface area (TPSA) is 61.0 Å². The molecule has 0 aliphatic heterocycles. The van der Waals surface area contributed by atoms with Crippen molar-refractivity contribution in [2.45, 2.75) is 38.4 Å². The van der Waals surface area contributed by atoms with Crippen molar-refractivity contribution < 1.29 is 4.79 Å². The van der Waals surface area contributed by atoms with Crippen LogP contribution in [0.1, 0.15) is 25.3 Å². The maximum absolute atomic E-state index is 12.6. The molecule has 2 aromatic heterocycles. The van der Waals surface area contributed by atoms with E-state index in [4.69, 9.17) is 0 Å². The Hall–Kier alpha value is -2.18. The minimum Gasteiger partial charge on any atom is -0.361 e. The Bertz CT molecular complexity index is 838. The van der Waals surface area contributed by atoms with Crippen molar-refractivity contribution in [2.75, 3.05) is 5.32 Å². The fraction of sp³-hybridized carbons (Fsp3) is 0.333. The fourth-order valence-corrected chi connectivity index (χ4v) is 3.58. The Balaban J connectivity index is 1.49. The third-order valence-electron chi connectivity index (χ3n) is 4.54. The number of aromatic nitrogens is 2. The Morgan fingerprint density at radius 1 is 1.46 bits per heavy atom. The van der Waals surface area contributed by atoms with Crippen LogP contribution in [0, 0.1) is 0 Å². The minimum atomic E-state index is -0.177. The molecule has 0 spiro atoms. The highest BCUT2D eigenvalue weighted by Gasteiger charge is 2.35. The first-order chi connectivity index (χ1) is 11.7. The number of amides is 1. The average Bonchev–Trinajstić information content (AvgIpc) is 3.09. The van der Waals surface area contributed by atoms with Crippen LogP contribution in [-0.4, -0.2) is 32.9 Å². The van der Waals surface area contributed by atoms with Crippen molar-refractivity contribution in [1.29, 1.82) is 0 Å². The highest BCUT2D eigenvalue weighted by Crippen LogP contribution is 2.31. The van der Waals surface area contributed by atoms with Gasteiger partial charge in [-0.05, 0) is 48.9 Å². The molecule has 2 heterocycles. The number of H-pyrrole nitrogens is 1. The summed E-state index contributed by atoms with van der Waals surface area (Å²) in [5, 5.41) is 6.66. The summed E-state index contributed by atoms with van der Waals surface area (Å²) >= 11 is 1.45. The predicted octanol–water partition coefficient (Wildman–Crippen LogP) is 3.62. The number of aromatic amines is 1. The van der Waals surface area contributed by atoms with E-state index in [2.05, 4.69) is 44.5 Å². The number of thiazole rings is 1. The normalized spacial score (nSPS) is 15.8. The van der Waals surface area contributed by atoms with Crippen LogP contribution in [0.15, 0.2) is 42.0 Å². The molecule has 4 rings (SSSR count). The van der Waals surface area contributed by atoms with Crippen LogP contribution in [-0.2, 0) is 11.3 Å². The number of rotatable bonds is 6. The van der Waals surface area contributed by atoms with Crippen molar-refractivity contribution in [1.82, 2.24) is 14.9 Å². The number of nitrogens with zero attached hydrogens (tertiary/aromatic N) is 2. The fourth-order valence-electron chi connectivity index (χ4n) is 3.05. The molecular formula is C18H20N4OS. The predicted molar refractivity (Wildman–Crippen MR) is 97.1 cm³/mol. The number of carbonyl (C=O) groups excluding carboxylic acids is 1. The van der Waals surface area contributed by atoms with Gasteiger partial charge in [0.1, 0.15) is 0 Å². The van der Waals surface area contributed by atoms with Gasteiger partial charge in [0.05, 0.1) is 6.04 Å². The van der Waals surface area contributed by atoms with Gasteiger partial charge in [0, 0.05) is 35.9 Å². The van der Waals surface area contributed by atoms with E-state index in [9.17, 15) is 4.79 Å². The zero-order valence-corrected chi connectivity index (χ0v) is 14.3. The van der Waals surface area contributed by atoms with E-state index in [0.717, 1.165) is 12.1 Å². The van der Waals surface area contributed by atoms with E-state index >= 15 is 0 Å². The molecule has 0 radical (unpaired) electrons. The van der Waals surface area contributed by atoms with Gasteiger partial charge in [-0.3, -0.25) is 9.69 Å². The van der Waals surface area contributed by atoms with Crippen LogP contribution in [0.4, 0.5) is 5.13 Å². The third-order valence-corrected chi connectivity index (χ3v) is 5.23. The highest BCUT2D eigenvalue weighted by molar-refractivity contribution is 7.13. The van der Waals surface area contributed by atoms with Crippen molar-refractivity contribution in [3.63, 3.8) is 0 Å². The van der Waals surface area contributed by atoms with Gasteiger partial charge in [-0.1, -0.05) is 6.07 Å². The molecule has 3 aromatic rings. The summed E-state index contributed by atoms with van der Waals surface area (Å²) in [6.45, 7) is 2.77. The molecule has 1 saturated carbocycles. The lowest BCUT2D eigenvalue weighted by Crippen LogP contribution is -2.42. The largest absolute Gasteiger partial charge is 0.361 e. The molecule has 5 nitrogen and oxygen atoms in total. The van der Waals surface area contributed by atoms with Crippen molar-refractivity contribution in [3.05, 3.63) is 47.6 Å². The van der Waals surface area contributed by atoms with Gasteiger partial charge in [-0.15, -0.1) is 11.3 Å². The molecule has 0 unspecified atom stereocenters. The molecule has 6 heteroatoms. The van der Waals surface area contributed by atoms with E-state index in [1.165, 1.54) is 35.1 Å². The maximum atomic E-state index is 12.6. The molecule has 2 N–H and O–H groups in total. The quantitative estimate of drug-likeness (QED) is 0.720. The second kappa shape index (κ2) is 6.37. The van der Waals surface area contributed by atoms with E-state index in [1.807, 2.05) is 18.5 Å². The molecule has 1 amide bonds. The van der Waals surface area contributed by atoms with Crippen LogP contribution in [0.25, 0.3) is 10.9 Å². The molecule has 1 aliphatic carbocycles. The lowest BCUT2D eigenvalue weighted by atomic mass is 10.1. The second-order valence-corrected chi connectivity index (χ2v) is 7.20. The summed E-state index contributed by atoms with van der Waals surface area (Å²) in [6.07, 6.45) is 6.00. The number of benzene rings is 1. The van der Waals surface area contributed by atoms with Gasteiger partial charge in [0.2, 0.25) is 5.91 Å². The van der Waals surface area contributed by atoms with Crippen LogP contribution >= 0.6 is 11.3 Å². The number of hydrogen-bond acceptors (Lipinski definition) is 4. The molecular weight excluding hydrogens is 320 g/mol. The third kappa shape index (κ3) is 3.20. The van der Waals surface area contributed by atoms with Crippen LogP contribution in [0.3, 0.4) is 0 Å². The van der Waals surface area contributed by atoms with Crippen LogP contribution in [0.2, 0.25) is 0 Å². The molecule has 24 heavy (non-hydrogen) atoms. The van der Waals surface area contributed by atoms with Gasteiger partial charge >= 0.3 is 0 Å². The number of fused-ring (bicyclic) bond motifs is 1. The lowest BCUT2D eigenvalue weighted by Gasteiger charge is -2.28. The molecule has 1 aromatic carbocycles. The molecule has 0 saturated heterocycles. The van der Waals surface area contributed by atoms with Gasteiger partial charge < -0.3 is 10.3 Å². The van der Waals surface area contributed by atoms with Crippen LogP contribution < -0.4 is 5.32 Å². The molecule has 1 aliphatic rings. The maximum Gasteiger partial charge on any atom is 0.243 e. The first-order valence-corrected chi connectivity index (χ1v) is 9.11. The standard InChI is InChI=1S/C18H20N4OS/c1-12(17(23)21-18-20-8-9-24-18)22(15-3-4-15)11-13-2-5-16-14(10-13)6-7-19-16/h2,5-10,12,15,19H,3-4,11H2,1H3,(H,20,21,23)/t12-/m1/s1. The molecule has 1 atom stereocenters. The van der Waals surface area contributed by atoms with E-state index in [1.54, 1.807) is 6.20 Å². The minimum absolute atomic E-state index is 0.0135. The van der Waals surface area contributed by atoms with E-state index < -0.39 is 0 Å². The lowest BCUT2D eigenvalue weighted by molar-refractivity contribution is -0.121. The number of anilines is 1. The zero-order chi connectivity index (χ0) is 16.5. The average molecular weight is 340 g/mol. The Labute approximate surface area is 144 Å². The van der Waals surface area contributed by atoms with Crippen molar-refractivity contribution in [3.8, 4) is 0 Å². The Morgan fingerprint density at radius 2 is 2.33 bits per heavy atom. The van der Waals surface area contributed by atoms with Gasteiger partial charge in [0.15, 0.2) is 5.13 Å². The summed E-state index contributed by atoms with van der Waals surface area (Å²) in [4.78, 5) is 22.2.